The lowest BCUT2D eigenvalue weighted by Crippen LogP contribution is -2.61. The molecule has 0 bridgehead atoms. The minimum absolute atomic E-state index is 0.0165. The van der Waals surface area contributed by atoms with Gasteiger partial charge in [-0.1, -0.05) is 18.2 Å². The number of thioether (sulfide) groups is 1. The zero-order valence-electron chi connectivity index (χ0n) is 18.3. The summed E-state index contributed by atoms with van der Waals surface area (Å²) in [6.07, 6.45) is 0.781. The minimum Gasteiger partial charge on any atom is -0.444 e. The predicted molar refractivity (Wildman–Crippen MR) is 120 cm³/mol. The number of carbonyl (C=O) groups excluding carboxylic acids is 2. The van der Waals surface area contributed by atoms with Crippen LogP contribution in [0.15, 0.2) is 48.7 Å². The Morgan fingerprint density at radius 3 is 2.66 bits per heavy atom. The highest BCUT2D eigenvalue weighted by atomic mass is 32.2. The second-order valence-electron chi connectivity index (χ2n) is 9.09. The number of rotatable bonds is 3. The summed E-state index contributed by atoms with van der Waals surface area (Å²) in [6.45, 7) is 6.27. The van der Waals surface area contributed by atoms with Gasteiger partial charge in [-0.15, -0.1) is 11.8 Å². The third kappa shape index (κ3) is 4.73. The molecule has 2 N–H and O–H groups in total. The highest BCUT2D eigenvalue weighted by molar-refractivity contribution is 7.99. The van der Waals surface area contributed by atoms with Crippen molar-refractivity contribution in [1.29, 1.82) is 0 Å². The number of aromatic nitrogens is 1. The van der Waals surface area contributed by atoms with Crippen molar-refractivity contribution in [3.8, 4) is 0 Å². The highest BCUT2D eigenvalue weighted by Gasteiger charge is 2.54. The van der Waals surface area contributed by atoms with Crippen molar-refractivity contribution in [1.82, 2.24) is 20.5 Å². The summed E-state index contributed by atoms with van der Waals surface area (Å²) < 4.78 is 19.2. The number of hydrogen-bond donors (Lipinski definition) is 2. The van der Waals surface area contributed by atoms with Crippen molar-refractivity contribution >= 4 is 23.8 Å². The lowest BCUT2D eigenvalue weighted by molar-refractivity contribution is 0.0277. The maximum atomic E-state index is 13.6. The quantitative estimate of drug-likeness (QED) is 0.734. The van der Waals surface area contributed by atoms with E-state index in [-0.39, 0.29) is 11.8 Å². The largest absolute Gasteiger partial charge is 0.444 e. The minimum atomic E-state index is -0.732. The molecule has 2 saturated heterocycles. The molecule has 0 radical (unpaired) electrons. The number of likely N-dealkylation sites (tertiary alicyclic amines) is 1. The molecule has 32 heavy (non-hydrogen) atoms. The third-order valence-corrected chi connectivity index (χ3v) is 6.73. The number of amides is 2. The van der Waals surface area contributed by atoms with Crippen molar-refractivity contribution < 1.29 is 18.7 Å². The van der Waals surface area contributed by atoms with E-state index in [1.54, 1.807) is 34.9 Å². The fourth-order valence-electron chi connectivity index (χ4n) is 4.10. The van der Waals surface area contributed by atoms with Gasteiger partial charge in [0.15, 0.2) is 0 Å². The van der Waals surface area contributed by atoms with Crippen LogP contribution in [0.4, 0.5) is 9.18 Å². The molecule has 3 unspecified atom stereocenters. The summed E-state index contributed by atoms with van der Waals surface area (Å²) in [6, 6.07) is 12.0. The summed E-state index contributed by atoms with van der Waals surface area (Å²) in [7, 11) is 0. The molecule has 2 aliphatic heterocycles. The number of fused-ring (bicyclic) bond motifs is 1. The van der Waals surface area contributed by atoms with E-state index in [4.69, 9.17) is 4.74 Å². The van der Waals surface area contributed by atoms with Crippen LogP contribution in [0.3, 0.4) is 0 Å². The van der Waals surface area contributed by atoms with E-state index in [0.717, 1.165) is 0 Å². The molecule has 2 fully saturated rings. The van der Waals surface area contributed by atoms with Crippen LogP contribution in [-0.2, 0) is 10.3 Å². The Labute approximate surface area is 191 Å². The van der Waals surface area contributed by atoms with Gasteiger partial charge in [-0.25, -0.2) is 9.18 Å². The molecule has 4 rings (SSSR count). The van der Waals surface area contributed by atoms with Gasteiger partial charge in [0.1, 0.15) is 16.9 Å². The maximum Gasteiger partial charge on any atom is 0.410 e. The van der Waals surface area contributed by atoms with Gasteiger partial charge in [0.2, 0.25) is 0 Å². The van der Waals surface area contributed by atoms with Crippen LogP contribution in [0.1, 0.15) is 36.8 Å². The van der Waals surface area contributed by atoms with Crippen LogP contribution in [0.2, 0.25) is 0 Å². The number of ether oxygens (including phenoxy) is 1. The maximum absolute atomic E-state index is 13.6. The lowest BCUT2D eigenvalue weighted by atomic mass is 9.84. The number of benzene rings is 1. The van der Waals surface area contributed by atoms with E-state index in [0.29, 0.717) is 30.1 Å². The van der Waals surface area contributed by atoms with Gasteiger partial charge in [0.25, 0.3) is 5.91 Å². The Kier molecular flexibility index (Phi) is 6.13. The van der Waals surface area contributed by atoms with Crippen molar-refractivity contribution in [3.05, 3.63) is 65.7 Å². The van der Waals surface area contributed by atoms with E-state index >= 15 is 0 Å². The van der Waals surface area contributed by atoms with Crippen LogP contribution >= 0.6 is 11.8 Å². The SMILES string of the molecule is CC(C)(C)OC(=O)N1CC2CSC(NC(=O)c3ccccc3)NC2(c2ccc(F)cn2)C1. The van der Waals surface area contributed by atoms with Crippen molar-refractivity contribution in [2.45, 2.75) is 37.4 Å². The van der Waals surface area contributed by atoms with Crippen LogP contribution in [0, 0.1) is 11.7 Å². The van der Waals surface area contributed by atoms with Crippen molar-refractivity contribution in [2.24, 2.45) is 5.92 Å². The second-order valence-corrected chi connectivity index (χ2v) is 10.2. The van der Waals surface area contributed by atoms with Crippen LogP contribution in [-0.4, -0.2) is 51.8 Å². The number of nitrogens with one attached hydrogen (secondary N) is 2. The second kappa shape index (κ2) is 8.71. The molecular formula is C23H27FN4O3S. The van der Waals surface area contributed by atoms with Crippen LogP contribution in [0.25, 0.3) is 0 Å². The molecule has 0 spiro atoms. The topological polar surface area (TPSA) is 83.6 Å². The van der Waals surface area contributed by atoms with E-state index in [1.807, 2.05) is 39.0 Å². The van der Waals surface area contributed by atoms with Crippen molar-refractivity contribution in [2.75, 3.05) is 18.8 Å². The molecule has 3 heterocycles. The monoisotopic (exact) mass is 458 g/mol. The molecule has 2 aliphatic rings. The number of hydrogen-bond acceptors (Lipinski definition) is 6. The highest BCUT2D eigenvalue weighted by Crippen LogP contribution is 2.43. The summed E-state index contributed by atoms with van der Waals surface area (Å²) in [5.74, 6) is 0.0781. The predicted octanol–water partition coefficient (Wildman–Crippen LogP) is 3.33. The zero-order chi connectivity index (χ0) is 22.9. The number of halogens is 1. The first-order valence-corrected chi connectivity index (χ1v) is 11.6. The fourth-order valence-corrected chi connectivity index (χ4v) is 5.40. The summed E-state index contributed by atoms with van der Waals surface area (Å²) in [5, 5.41) is 6.52. The standard InChI is InChI=1S/C23H27FN4O3S/c1-22(2,3)31-21(30)28-12-16-13-32-20(26-19(29)15-7-5-4-6-8-15)27-23(16,14-28)18-10-9-17(24)11-25-18/h4-11,16,20,27H,12-14H2,1-3H3,(H,26,29). The normalized spacial score (nSPS) is 25.2. The summed E-state index contributed by atoms with van der Waals surface area (Å²) >= 11 is 1.56. The van der Waals surface area contributed by atoms with Gasteiger partial charge in [-0.3, -0.25) is 15.1 Å². The molecule has 1 aromatic carbocycles. The zero-order valence-corrected chi connectivity index (χ0v) is 19.1. The Balaban J connectivity index is 1.58. The average molecular weight is 459 g/mol. The Morgan fingerprint density at radius 1 is 1.25 bits per heavy atom. The van der Waals surface area contributed by atoms with Gasteiger partial charge >= 0.3 is 6.09 Å². The van der Waals surface area contributed by atoms with E-state index in [9.17, 15) is 14.0 Å². The lowest BCUT2D eigenvalue weighted by Gasteiger charge is -2.42. The van der Waals surface area contributed by atoms with Crippen molar-refractivity contribution in [3.63, 3.8) is 0 Å². The number of nitrogens with zero attached hydrogens (tertiary/aromatic N) is 2. The molecule has 0 saturated carbocycles. The Bertz CT molecular complexity index is 983. The first-order valence-electron chi connectivity index (χ1n) is 10.5. The van der Waals surface area contributed by atoms with E-state index < -0.39 is 28.5 Å². The molecule has 170 valence electrons. The molecule has 2 amide bonds. The molecule has 9 heteroatoms. The molecule has 3 atom stereocenters. The number of pyridine rings is 1. The summed E-state index contributed by atoms with van der Waals surface area (Å²) in [4.78, 5) is 31.5. The Morgan fingerprint density at radius 2 is 2.00 bits per heavy atom. The summed E-state index contributed by atoms with van der Waals surface area (Å²) in [5.41, 5.74) is -0.545. The van der Waals surface area contributed by atoms with E-state index in [2.05, 4.69) is 15.6 Å². The Hall–Kier alpha value is -2.65. The molecule has 0 aliphatic carbocycles. The molecule has 7 nitrogen and oxygen atoms in total. The van der Waals surface area contributed by atoms with Crippen LogP contribution < -0.4 is 10.6 Å². The van der Waals surface area contributed by atoms with Gasteiger partial charge in [0, 0.05) is 30.3 Å². The smallest absolute Gasteiger partial charge is 0.410 e. The first kappa shape index (κ1) is 22.5. The third-order valence-electron chi connectivity index (χ3n) is 5.57. The molecular weight excluding hydrogens is 431 g/mol. The number of carbonyl (C=O) groups is 2. The molecule has 1 aromatic heterocycles. The average Bonchev–Trinajstić information content (AvgIpc) is 3.14. The van der Waals surface area contributed by atoms with Gasteiger partial charge < -0.3 is 15.0 Å². The van der Waals surface area contributed by atoms with Crippen LogP contribution in [0.5, 0.6) is 0 Å². The van der Waals surface area contributed by atoms with Gasteiger partial charge in [-0.05, 0) is 45.0 Å². The fraction of sp³-hybridized carbons (Fsp3) is 0.435. The first-order chi connectivity index (χ1) is 15.2. The van der Waals surface area contributed by atoms with E-state index in [1.165, 1.54) is 12.3 Å². The van der Waals surface area contributed by atoms with Gasteiger partial charge in [0.05, 0.1) is 17.4 Å². The molecule has 2 aromatic rings. The van der Waals surface area contributed by atoms with Gasteiger partial charge in [-0.2, -0.15) is 0 Å².